The van der Waals surface area contributed by atoms with Crippen molar-refractivity contribution in [1.82, 2.24) is 0 Å². The summed E-state index contributed by atoms with van der Waals surface area (Å²) in [7, 11) is 0. The molecule has 2 nitrogen and oxygen atoms in total. The highest BCUT2D eigenvalue weighted by Gasteiger charge is 2.13. The molecule has 0 aliphatic heterocycles. The van der Waals surface area contributed by atoms with E-state index in [9.17, 15) is 0 Å². The normalized spacial score (nSPS) is 11.1. The summed E-state index contributed by atoms with van der Waals surface area (Å²) in [6.07, 6.45) is 4.40. The van der Waals surface area contributed by atoms with Crippen LogP contribution in [-0.2, 0) is 0 Å². The van der Waals surface area contributed by atoms with Crippen molar-refractivity contribution < 1.29 is 0 Å². The van der Waals surface area contributed by atoms with E-state index in [2.05, 4.69) is 135 Å². The van der Waals surface area contributed by atoms with E-state index in [-0.39, 0.29) is 0 Å². The summed E-state index contributed by atoms with van der Waals surface area (Å²) in [5.41, 5.74) is 10.5. The number of aryl methyl sites for hydroxylation is 1. The molecule has 0 unspecified atom stereocenters. The highest BCUT2D eigenvalue weighted by atomic mass is 15.1. The van der Waals surface area contributed by atoms with Crippen LogP contribution in [0.2, 0.25) is 0 Å². The third kappa shape index (κ3) is 5.65. The van der Waals surface area contributed by atoms with Crippen molar-refractivity contribution in [1.29, 1.82) is 0 Å². The Morgan fingerprint density at radius 2 is 1.29 bits per heavy atom. The highest BCUT2D eigenvalue weighted by molar-refractivity contribution is 5.75. The monoisotopic (exact) mass is 444 g/mol. The van der Waals surface area contributed by atoms with Gasteiger partial charge < -0.3 is 10.2 Å². The number of rotatable bonds is 7. The molecule has 4 rings (SSSR count). The Morgan fingerprint density at radius 3 is 1.88 bits per heavy atom. The van der Waals surface area contributed by atoms with Gasteiger partial charge in [0.25, 0.3) is 0 Å². The minimum Gasteiger partial charge on any atom is -0.356 e. The zero-order valence-corrected chi connectivity index (χ0v) is 20.4. The van der Waals surface area contributed by atoms with E-state index >= 15 is 0 Å². The minimum absolute atomic E-state index is 1.08. The van der Waals surface area contributed by atoms with Crippen LogP contribution >= 0.6 is 0 Å². The first-order chi connectivity index (χ1) is 16.5. The molecular weight excluding hydrogens is 412 g/mol. The first kappa shape index (κ1) is 23.1. The molecule has 0 saturated heterocycles. The van der Waals surface area contributed by atoms with E-state index in [1.54, 1.807) is 0 Å². The molecule has 0 heterocycles. The molecule has 0 amide bonds. The molecule has 0 aliphatic rings. The second-order valence-corrected chi connectivity index (χ2v) is 8.72. The molecule has 0 radical (unpaired) electrons. The van der Waals surface area contributed by atoms with Gasteiger partial charge in [-0.3, -0.25) is 0 Å². The van der Waals surface area contributed by atoms with Crippen molar-refractivity contribution in [3.63, 3.8) is 0 Å². The number of benzene rings is 4. The van der Waals surface area contributed by atoms with Crippen LogP contribution < -0.4 is 10.2 Å². The molecule has 0 aromatic heterocycles. The second-order valence-electron chi connectivity index (χ2n) is 8.72. The van der Waals surface area contributed by atoms with Crippen LogP contribution in [-0.4, -0.2) is 0 Å². The molecule has 0 atom stereocenters. The van der Waals surface area contributed by atoms with Crippen molar-refractivity contribution >= 4 is 22.7 Å². The predicted octanol–water partition coefficient (Wildman–Crippen LogP) is 9.41. The lowest BCUT2D eigenvalue weighted by Crippen LogP contribution is -2.15. The van der Waals surface area contributed by atoms with Gasteiger partial charge in [-0.2, -0.15) is 0 Å². The summed E-state index contributed by atoms with van der Waals surface area (Å²) >= 11 is 0. The summed E-state index contributed by atoms with van der Waals surface area (Å²) in [5.74, 6) is 0. The van der Waals surface area contributed by atoms with Crippen molar-refractivity contribution in [3.8, 4) is 11.1 Å². The number of nitrogens with one attached hydrogen (secondary N) is 1. The fourth-order valence-corrected chi connectivity index (χ4v) is 4.02. The van der Waals surface area contributed by atoms with Gasteiger partial charge in [0, 0.05) is 28.4 Å². The third-order valence-corrected chi connectivity index (χ3v) is 5.66. The molecule has 4 aromatic carbocycles. The molecular formula is C32H32N2. The van der Waals surface area contributed by atoms with Gasteiger partial charge in [0.2, 0.25) is 0 Å². The van der Waals surface area contributed by atoms with E-state index in [1.807, 2.05) is 18.2 Å². The lowest BCUT2D eigenvalue weighted by Gasteiger charge is -2.27. The Bertz CT molecular complexity index is 1280. The lowest BCUT2D eigenvalue weighted by molar-refractivity contribution is 1.18. The van der Waals surface area contributed by atoms with E-state index in [4.69, 9.17) is 0 Å². The van der Waals surface area contributed by atoms with Gasteiger partial charge in [0.15, 0.2) is 0 Å². The molecule has 0 spiro atoms. The van der Waals surface area contributed by atoms with Gasteiger partial charge in [0.05, 0.1) is 0 Å². The number of allylic oxidation sites excluding steroid dienone is 3. The molecule has 1 N–H and O–H groups in total. The zero-order valence-electron chi connectivity index (χ0n) is 20.4. The van der Waals surface area contributed by atoms with Gasteiger partial charge in [-0.15, -0.1) is 0 Å². The first-order valence-corrected chi connectivity index (χ1v) is 11.7. The predicted molar refractivity (Wildman–Crippen MR) is 148 cm³/mol. The van der Waals surface area contributed by atoms with Crippen molar-refractivity contribution in [2.24, 2.45) is 0 Å². The Labute approximate surface area is 203 Å². The number of nitrogens with zero attached hydrogens (tertiary/aromatic N) is 1. The Balaban J connectivity index is 1.61. The number of anilines is 4. The topological polar surface area (TPSA) is 15.3 Å². The van der Waals surface area contributed by atoms with Gasteiger partial charge in [-0.05, 0) is 99.0 Å². The molecule has 0 saturated carbocycles. The molecule has 0 bridgehead atoms. The van der Waals surface area contributed by atoms with E-state index in [0.717, 1.165) is 28.4 Å². The lowest BCUT2D eigenvalue weighted by atomic mass is 10.0. The fraction of sp³-hybridized carbons (Fsp3) is 0.125. The summed E-state index contributed by atoms with van der Waals surface area (Å²) in [6.45, 7) is 8.50. The summed E-state index contributed by atoms with van der Waals surface area (Å²) in [4.78, 5) is 2.32. The van der Waals surface area contributed by atoms with Gasteiger partial charge in [-0.25, -0.2) is 0 Å². The molecule has 4 aromatic rings. The van der Waals surface area contributed by atoms with Gasteiger partial charge >= 0.3 is 0 Å². The highest BCUT2D eigenvalue weighted by Crippen LogP contribution is 2.33. The smallest absolute Gasteiger partial charge is 0.0464 e. The average Bonchev–Trinajstić information content (AvgIpc) is 2.85. The second kappa shape index (κ2) is 10.7. The van der Waals surface area contributed by atoms with Crippen molar-refractivity contribution in [3.05, 3.63) is 132 Å². The summed E-state index contributed by atoms with van der Waals surface area (Å²) in [6, 6.07) is 36.3. The van der Waals surface area contributed by atoms with Crippen molar-refractivity contribution in [2.75, 3.05) is 10.2 Å². The van der Waals surface area contributed by atoms with E-state index < -0.39 is 0 Å². The van der Waals surface area contributed by atoms with Crippen LogP contribution in [0.25, 0.3) is 11.1 Å². The van der Waals surface area contributed by atoms with Crippen LogP contribution in [0.15, 0.2) is 127 Å². The minimum atomic E-state index is 1.08. The summed E-state index contributed by atoms with van der Waals surface area (Å²) in [5, 5.41) is 3.45. The van der Waals surface area contributed by atoms with Crippen LogP contribution in [0, 0.1) is 6.92 Å². The molecule has 0 aliphatic carbocycles. The van der Waals surface area contributed by atoms with Crippen LogP contribution in [0.1, 0.15) is 26.3 Å². The number of para-hydroxylation sites is 1. The Morgan fingerprint density at radius 1 is 0.676 bits per heavy atom. The maximum Gasteiger partial charge on any atom is 0.0464 e. The van der Waals surface area contributed by atoms with Crippen molar-refractivity contribution in [2.45, 2.75) is 27.7 Å². The molecule has 34 heavy (non-hydrogen) atoms. The maximum atomic E-state index is 3.45. The molecule has 0 fully saturated rings. The van der Waals surface area contributed by atoms with Crippen LogP contribution in [0.5, 0.6) is 0 Å². The number of hydrogen-bond donors (Lipinski definition) is 1. The maximum absolute atomic E-state index is 3.45. The zero-order chi connectivity index (χ0) is 23.9. The fourth-order valence-electron chi connectivity index (χ4n) is 4.02. The van der Waals surface area contributed by atoms with Gasteiger partial charge in [-0.1, -0.05) is 66.2 Å². The van der Waals surface area contributed by atoms with Crippen LogP contribution in [0.3, 0.4) is 0 Å². The number of hydrogen-bond acceptors (Lipinski definition) is 2. The molecule has 170 valence electrons. The van der Waals surface area contributed by atoms with Gasteiger partial charge in [0.1, 0.15) is 0 Å². The average molecular weight is 445 g/mol. The summed E-state index contributed by atoms with van der Waals surface area (Å²) < 4.78 is 0. The SMILES string of the molecule is C/C=C(\C=C(C)C)N(c1ccc(-c2ccc(Nc3ccccc3)cc2)cc1)c1cccc(C)c1. The Kier molecular flexibility index (Phi) is 7.29. The van der Waals surface area contributed by atoms with Crippen LogP contribution in [0.4, 0.5) is 22.7 Å². The Hall–Kier alpha value is -4.04. The van der Waals surface area contributed by atoms with E-state index in [1.165, 1.54) is 22.3 Å². The third-order valence-electron chi connectivity index (χ3n) is 5.66. The van der Waals surface area contributed by atoms with E-state index in [0.29, 0.717) is 0 Å². The first-order valence-electron chi connectivity index (χ1n) is 11.7. The standard InChI is InChI=1S/C32H32N2/c1-5-30(22-24(2)3)34(32-13-9-10-25(4)23-32)31-20-16-27(17-21-31)26-14-18-29(19-15-26)33-28-11-7-6-8-12-28/h5-23,33H,1-4H3/b30-5+. The molecule has 2 heteroatoms. The quantitative estimate of drug-likeness (QED) is 0.286. The largest absolute Gasteiger partial charge is 0.356 e.